The molecule has 4 nitrogen and oxygen atoms in total. The first-order chi connectivity index (χ1) is 9.40. The minimum absolute atomic E-state index is 0.264. The monoisotopic (exact) mass is 282 g/mol. The van der Waals surface area contributed by atoms with E-state index in [0.29, 0.717) is 24.9 Å². The van der Waals surface area contributed by atoms with Crippen molar-refractivity contribution in [1.29, 1.82) is 0 Å². The molecule has 20 heavy (non-hydrogen) atoms. The molecule has 0 spiro atoms. The van der Waals surface area contributed by atoms with Crippen molar-refractivity contribution >= 4 is 11.9 Å². The molecule has 1 unspecified atom stereocenters. The fraction of sp³-hybridized carbons (Fsp3) is 0.875. The molecule has 4 heteroatoms. The predicted octanol–water partition coefficient (Wildman–Crippen LogP) is 3.09. The van der Waals surface area contributed by atoms with Gasteiger partial charge in [0.25, 0.3) is 0 Å². The van der Waals surface area contributed by atoms with Gasteiger partial charge in [-0.15, -0.1) is 0 Å². The van der Waals surface area contributed by atoms with Crippen LogP contribution in [-0.4, -0.2) is 24.6 Å². The van der Waals surface area contributed by atoms with Gasteiger partial charge >= 0.3 is 11.9 Å². The van der Waals surface area contributed by atoms with Gasteiger partial charge in [0.2, 0.25) is 6.10 Å². The lowest BCUT2D eigenvalue weighted by molar-refractivity contribution is -0.164. The lowest BCUT2D eigenvalue weighted by Gasteiger charge is -2.28. The summed E-state index contributed by atoms with van der Waals surface area (Å²) >= 11 is 0. The fourth-order valence-electron chi connectivity index (χ4n) is 3.25. The molecule has 1 aliphatic heterocycles. The van der Waals surface area contributed by atoms with Crippen molar-refractivity contribution in [3.05, 3.63) is 0 Å². The predicted molar refractivity (Wildman–Crippen MR) is 75.0 cm³/mol. The molecular weight excluding hydrogens is 256 g/mol. The Bertz CT molecular complexity index is 369. The number of rotatable bonds is 4. The van der Waals surface area contributed by atoms with E-state index >= 15 is 0 Å². The molecule has 0 aromatic carbocycles. The molecule has 2 aliphatic rings. The molecule has 0 aromatic rings. The number of hydrogen-bond donors (Lipinski definition) is 0. The summed E-state index contributed by atoms with van der Waals surface area (Å²) in [7, 11) is 0. The molecule has 0 bridgehead atoms. The Morgan fingerprint density at radius 1 is 1.35 bits per heavy atom. The van der Waals surface area contributed by atoms with E-state index in [4.69, 9.17) is 9.47 Å². The second-order valence-electron chi connectivity index (χ2n) is 7.05. The van der Waals surface area contributed by atoms with Gasteiger partial charge in [-0.2, -0.15) is 0 Å². The summed E-state index contributed by atoms with van der Waals surface area (Å²) in [4.78, 5) is 23.7. The summed E-state index contributed by atoms with van der Waals surface area (Å²) in [6.07, 6.45) is 5.95. The molecule has 0 N–H and O–H groups in total. The minimum Gasteiger partial charge on any atom is -0.462 e. The van der Waals surface area contributed by atoms with Crippen molar-refractivity contribution in [1.82, 2.24) is 0 Å². The van der Waals surface area contributed by atoms with Crippen LogP contribution < -0.4 is 0 Å². The molecule has 114 valence electrons. The summed E-state index contributed by atoms with van der Waals surface area (Å²) in [5.74, 6) is 0.289. The van der Waals surface area contributed by atoms with Gasteiger partial charge in [0.15, 0.2) is 0 Å². The standard InChI is InChI=1S/C16H26O4/c1-11(12-7-5-4-6-8-12)9-13(17)20-14-15(18)19-10-16(14,2)3/h11-12,14H,4-10H2,1-3H3/t11?,14-/m0/s1. The van der Waals surface area contributed by atoms with Crippen LogP contribution in [0, 0.1) is 17.3 Å². The van der Waals surface area contributed by atoms with Crippen molar-refractivity contribution in [2.75, 3.05) is 6.61 Å². The van der Waals surface area contributed by atoms with Crippen LogP contribution in [-0.2, 0) is 19.1 Å². The maximum atomic E-state index is 12.1. The van der Waals surface area contributed by atoms with Crippen LogP contribution in [0.1, 0.15) is 59.3 Å². The molecule has 1 aliphatic carbocycles. The minimum atomic E-state index is -0.742. The van der Waals surface area contributed by atoms with Crippen LogP contribution in [0.15, 0.2) is 0 Å². The van der Waals surface area contributed by atoms with Crippen LogP contribution in [0.3, 0.4) is 0 Å². The van der Waals surface area contributed by atoms with Crippen molar-refractivity contribution in [2.24, 2.45) is 17.3 Å². The first-order valence-electron chi connectivity index (χ1n) is 7.76. The molecular formula is C16H26O4. The lowest BCUT2D eigenvalue weighted by atomic mass is 9.79. The largest absolute Gasteiger partial charge is 0.462 e. The molecule has 1 saturated heterocycles. The third-order valence-electron chi connectivity index (χ3n) is 4.70. The van der Waals surface area contributed by atoms with Crippen LogP contribution in [0.5, 0.6) is 0 Å². The van der Waals surface area contributed by atoms with E-state index in [2.05, 4.69) is 6.92 Å². The zero-order valence-electron chi connectivity index (χ0n) is 12.8. The molecule has 2 fully saturated rings. The average Bonchev–Trinajstić information content (AvgIpc) is 2.66. The topological polar surface area (TPSA) is 52.6 Å². The highest BCUT2D eigenvalue weighted by Crippen LogP contribution is 2.34. The number of hydrogen-bond acceptors (Lipinski definition) is 4. The van der Waals surface area contributed by atoms with E-state index < -0.39 is 17.5 Å². The zero-order valence-corrected chi connectivity index (χ0v) is 12.8. The number of esters is 2. The third kappa shape index (κ3) is 3.53. The van der Waals surface area contributed by atoms with Crippen LogP contribution in [0.2, 0.25) is 0 Å². The van der Waals surface area contributed by atoms with Gasteiger partial charge in [-0.05, 0) is 11.8 Å². The third-order valence-corrected chi connectivity index (χ3v) is 4.70. The van der Waals surface area contributed by atoms with Crippen LogP contribution in [0.4, 0.5) is 0 Å². The van der Waals surface area contributed by atoms with Gasteiger partial charge in [-0.3, -0.25) is 4.79 Å². The van der Waals surface area contributed by atoms with Crippen molar-refractivity contribution in [2.45, 2.75) is 65.4 Å². The van der Waals surface area contributed by atoms with E-state index in [1.165, 1.54) is 32.1 Å². The Kier molecular flexibility index (Phi) is 4.71. The smallest absolute Gasteiger partial charge is 0.348 e. The van der Waals surface area contributed by atoms with Crippen molar-refractivity contribution in [3.8, 4) is 0 Å². The number of ether oxygens (including phenoxy) is 2. The quantitative estimate of drug-likeness (QED) is 0.744. The number of carbonyl (C=O) groups is 2. The second kappa shape index (κ2) is 6.15. The molecule has 0 amide bonds. The molecule has 2 rings (SSSR count). The second-order valence-corrected chi connectivity index (χ2v) is 7.05. The highest BCUT2D eigenvalue weighted by atomic mass is 16.6. The number of carbonyl (C=O) groups excluding carboxylic acids is 2. The molecule has 0 aromatic heterocycles. The van der Waals surface area contributed by atoms with Crippen LogP contribution >= 0.6 is 0 Å². The van der Waals surface area contributed by atoms with Gasteiger partial charge < -0.3 is 9.47 Å². The van der Waals surface area contributed by atoms with Gasteiger partial charge in [-0.25, -0.2) is 4.79 Å². The first-order valence-corrected chi connectivity index (χ1v) is 7.76. The number of cyclic esters (lactones) is 1. The Morgan fingerprint density at radius 3 is 2.55 bits per heavy atom. The Hall–Kier alpha value is -1.06. The zero-order chi connectivity index (χ0) is 14.8. The maximum Gasteiger partial charge on any atom is 0.348 e. The van der Waals surface area contributed by atoms with Crippen molar-refractivity contribution in [3.63, 3.8) is 0 Å². The molecule has 0 radical (unpaired) electrons. The van der Waals surface area contributed by atoms with Gasteiger partial charge in [0.05, 0.1) is 0 Å². The van der Waals surface area contributed by atoms with Crippen molar-refractivity contribution < 1.29 is 19.1 Å². The van der Waals surface area contributed by atoms with Gasteiger partial charge in [-0.1, -0.05) is 52.9 Å². The summed E-state index contributed by atoms with van der Waals surface area (Å²) in [6, 6.07) is 0. The lowest BCUT2D eigenvalue weighted by Crippen LogP contribution is -2.35. The van der Waals surface area contributed by atoms with E-state index in [1.54, 1.807) is 0 Å². The van der Waals surface area contributed by atoms with Crippen LogP contribution in [0.25, 0.3) is 0 Å². The molecule has 1 saturated carbocycles. The van der Waals surface area contributed by atoms with E-state index in [9.17, 15) is 9.59 Å². The normalized spacial score (nSPS) is 27.9. The SMILES string of the molecule is CC(CC(=O)O[C@H]1C(=O)OCC1(C)C)C1CCCCC1. The Balaban J connectivity index is 1.84. The Morgan fingerprint density at radius 2 is 2.00 bits per heavy atom. The fourth-order valence-corrected chi connectivity index (χ4v) is 3.25. The van der Waals surface area contributed by atoms with Gasteiger partial charge in [0, 0.05) is 11.8 Å². The van der Waals surface area contributed by atoms with E-state index in [-0.39, 0.29) is 5.97 Å². The molecule has 2 atom stereocenters. The van der Waals surface area contributed by atoms with E-state index in [0.717, 1.165) is 0 Å². The average molecular weight is 282 g/mol. The van der Waals surface area contributed by atoms with E-state index in [1.807, 2.05) is 13.8 Å². The van der Waals surface area contributed by atoms with Gasteiger partial charge in [0.1, 0.15) is 6.61 Å². The Labute approximate surface area is 121 Å². The summed E-state index contributed by atoms with van der Waals surface area (Å²) in [5, 5.41) is 0. The summed E-state index contributed by atoms with van der Waals surface area (Å²) < 4.78 is 10.4. The highest BCUT2D eigenvalue weighted by molar-refractivity contribution is 5.81. The highest BCUT2D eigenvalue weighted by Gasteiger charge is 2.46. The summed E-state index contributed by atoms with van der Waals surface area (Å²) in [5.41, 5.74) is -0.416. The summed E-state index contributed by atoms with van der Waals surface area (Å²) in [6.45, 7) is 6.22. The molecule has 1 heterocycles. The first kappa shape index (κ1) is 15.3. The maximum absolute atomic E-state index is 12.1.